The first kappa shape index (κ1) is 11.1. The van der Waals surface area contributed by atoms with Crippen LogP contribution < -0.4 is 5.73 Å². The Balaban J connectivity index is 1.85. The first-order valence-corrected chi connectivity index (χ1v) is 5.81. The Bertz CT molecular complexity index is 350. The van der Waals surface area contributed by atoms with E-state index < -0.39 is 0 Å². The van der Waals surface area contributed by atoms with Crippen molar-refractivity contribution in [3.63, 3.8) is 0 Å². The Hall–Kier alpha value is -1.35. The SMILES string of the molecule is NC[C@@H]1CC(=O)N(CCc2ccccc2)C1. The fourth-order valence-electron chi connectivity index (χ4n) is 2.14. The number of likely N-dealkylation sites (tertiary alicyclic amines) is 1. The lowest BCUT2D eigenvalue weighted by Gasteiger charge is -2.16. The molecule has 1 aliphatic heterocycles. The lowest BCUT2D eigenvalue weighted by atomic mass is 10.1. The van der Waals surface area contributed by atoms with Gasteiger partial charge in [0, 0.05) is 19.5 Å². The highest BCUT2D eigenvalue weighted by Crippen LogP contribution is 2.16. The highest BCUT2D eigenvalue weighted by molar-refractivity contribution is 5.78. The van der Waals surface area contributed by atoms with Crippen LogP contribution in [0.5, 0.6) is 0 Å². The zero-order valence-electron chi connectivity index (χ0n) is 9.43. The molecule has 0 bridgehead atoms. The van der Waals surface area contributed by atoms with E-state index >= 15 is 0 Å². The minimum atomic E-state index is 0.256. The molecular weight excluding hydrogens is 200 g/mol. The molecule has 3 heteroatoms. The molecule has 86 valence electrons. The van der Waals surface area contributed by atoms with Crippen LogP contribution in [0.3, 0.4) is 0 Å². The summed E-state index contributed by atoms with van der Waals surface area (Å²) in [7, 11) is 0. The smallest absolute Gasteiger partial charge is 0.222 e. The van der Waals surface area contributed by atoms with Crippen molar-refractivity contribution in [2.75, 3.05) is 19.6 Å². The van der Waals surface area contributed by atoms with E-state index in [0.717, 1.165) is 19.5 Å². The predicted octanol–water partition coefficient (Wildman–Crippen LogP) is 1.04. The highest BCUT2D eigenvalue weighted by atomic mass is 16.2. The fourth-order valence-corrected chi connectivity index (χ4v) is 2.14. The van der Waals surface area contributed by atoms with Crippen LogP contribution in [-0.4, -0.2) is 30.4 Å². The summed E-state index contributed by atoms with van der Waals surface area (Å²) in [5.41, 5.74) is 6.87. The van der Waals surface area contributed by atoms with Crippen LogP contribution in [-0.2, 0) is 11.2 Å². The first-order chi connectivity index (χ1) is 7.79. The van der Waals surface area contributed by atoms with Crippen molar-refractivity contribution in [3.8, 4) is 0 Å². The van der Waals surface area contributed by atoms with E-state index in [4.69, 9.17) is 5.73 Å². The second kappa shape index (κ2) is 5.12. The molecule has 2 rings (SSSR count). The molecule has 0 aliphatic carbocycles. The molecule has 1 saturated heterocycles. The summed E-state index contributed by atoms with van der Waals surface area (Å²) >= 11 is 0. The normalized spacial score (nSPS) is 20.4. The summed E-state index contributed by atoms with van der Waals surface area (Å²) < 4.78 is 0. The van der Waals surface area contributed by atoms with Crippen molar-refractivity contribution in [2.45, 2.75) is 12.8 Å². The molecule has 1 amide bonds. The molecular formula is C13H18N2O. The van der Waals surface area contributed by atoms with Gasteiger partial charge >= 0.3 is 0 Å². The molecule has 1 heterocycles. The Morgan fingerprint density at radius 2 is 2.06 bits per heavy atom. The van der Waals surface area contributed by atoms with Crippen LogP contribution in [0, 0.1) is 5.92 Å². The van der Waals surface area contributed by atoms with Crippen molar-refractivity contribution in [2.24, 2.45) is 11.7 Å². The Kier molecular flexibility index (Phi) is 3.57. The third kappa shape index (κ3) is 2.61. The van der Waals surface area contributed by atoms with Crippen LogP contribution in [0.1, 0.15) is 12.0 Å². The van der Waals surface area contributed by atoms with E-state index in [1.165, 1.54) is 5.56 Å². The average Bonchev–Trinajstić information content (AvgIpc) is 2.69. The maximum absolute atomic E-state index is 11.6. The number of carbonyl (C=O) groups is 1. The number of hydrogen-bond acceptors (Lipinski definition) is 2. The molecule has 16 heavy (non-hydrogen) atoms. The van der Waals surface area contributed by atoms with Crippen LogP contribution in [0.2, 0.25) is 0 Å². The van der Waals surface area contributed by atoms with Gasteiger partial charge in [-0.15, -0.1) is 0 Å². The van der Waals surface area contributed by atoms with Crippen LogP contribution in [0.25, 0.3) is 0 Å². The minimum Gasteiger partial charge on any atom is -0.342 e. The van der Waals surface area contributed by atoms with Gasteiger partial charge in [-0.3, -0.25) is 4.79 Å². The molecule has 0 spiro atoms. The molecule has 1 aromatic carbocycles. The van der Waals surface area contributed by atoms with Crippen LogP contribution >= 0.6 is 0 Å². The van der Waals surface area contributed by atoms with Gasteiger partial charge in [0.1, 0.15) is 0 Å². The molecule has 1 aromatic rings. The summed E-state index contributed by atoms with van der Waals surface area (Å²) in [6, 6.07) is 10.3. The molecule has 1 fully saturated rings. The number of carbonyl (C=O) groups excluding carboxylic acids is 1. The van der Waals surface area contributed by atoms with Gasteiger partial charge in [-0.05, 0) is 24.4 Å². The minimum absolute atomic E-state index is 0.256. The van der Waals surface area contributed by atoms with Gasteiger partial charge in [0.2, 0.25) is 5.91 Å². The molecule has 0 saturated carbocycles. The van der Waals surface area contributed by atoms with Crippen molar-refractivity contribution >= 4 is 5.91 Å². The number of nitrogens with two attached hydrogens (primary N) is 1. The maximum Gasteiger partial charge on any atom is 0.222 e. The summed E-state index contributed by atoms with van der Waals surface area (Å²) in [6.45, 7) is 2.27. The molecule has 1 aliphatic rings. The van der Waals surface area contributed by atoms with E-state index in [1.54, 1.807) is 0 Å². The lowest BCUT2D eigenvalue weighted by Crippen LogP contribution is -2.28. The van der Waals surface area contributed by atoms with Gasteiger partial charge in [0.25, 0.3) is 0 Å². The van der Waals surface area contributed by atoms with Gasteiger partial charge in [-0.1, -0.05) is 30.3 Å². The van der Waals surface area contributed by atoms with Gasteiger partial charge in [0.05, 0.1) is 0 Å². The summed E-state index contributed by atoms with van der Waals surface area (Å²) in [4.78, 5) is 13.6. The molecule has 2 N–H and O–H groups in total. The third-order valence-electron chi connectivity index (χ3n) is 3.14. The Morgan fingerprint density at radius 1 is 1.31 bits per heavy atom. The van der Waals surface area contributed by atoms with Gasteiger partial charge in [-0.25, -0.2) is 0 Å². The first-order valence-electron chi connectivity index (χ1n) is 5.81. The summed E-state index contributed by atoms with van der Waals surface area (Å²) in [5.74, 6) is 0.620. The van der Waals surface area contributed by atoms with E-state index in [9.17, 15) is 4.79 Å². The van der Waals surface area contributed by atoms with Crippen molar-refractivity contribution in [1.82, 2.24) is 4.90 Å². The van der Waals surface area contributed by atoms with E-state index in [0.29, 0.717) is 18.9 Å². The summed E-state index contributed by atoms with van der Waals surface area (Å²) in [5, 5.41) is 0. The Labute approximate surface area is 96.2 Å². The topological polar surface area (TPSA) is 46.3 Å². The standard InChI is InChI=1S/C13H18N2O/c14-9-12-8-13(16)15(10-12)7-6-11-4-2-1-3-5-11/h1-5,12H,6-10,14H2/t12-/m0/s1. The third-order valence-corrected chi connectivity index (χ3v) is 3.14. The number of hydrogen-bond donors (Lipinski definition) is 1. The zero-order chi connectivity index (χ0) is 11.4. The highest BCUT2D eigenvalue weighted by Gasteiger charge is 2.27. The van der Waals surface area contributed by atoms with Gasteiger partial charge < -0.3 is 10.6 Å². The zero-order valence-corrected chi connectivity index (χ0v) is 9.43. The number of benzene rings is 1. The second-order valence-corrected chi connectivity index (χ2v) is 4.38. The van der Waals surface area contributed by atoms with Crippen molar-refractivity contribution < 1.29 is 4.79 Å². The molecule has 0 radical (unpaired) electrons. The quantitative estimate of drug-likeness (QED) is 0.820. The van der Waals surface area contributed by atoms with Crippen LogP contribution in [0.15, 0.2) is 30.3 Å². The monoisotopic (exact) mass is 218 g/mol. The van der Waals surface area contributed by atoms with Crippen molar-refractivity contribution in [3.05, 3.63) is 35.9 Å². The lowest BCUT2D eigenvalue weighted by molar-refractivity contribution is -0.127. The molecule has 0 aromatic heterocycles. The molecule has 0 unspecified atom stereocenters. The molecule has 1 atom stereocenters. The number of rotatable bonds is 4. The predicted molar refractivity (Wildman–Crippen MR) is 63.9 cm³/mol. The largest absolute Gasteiger partial charge is 0.342 e. The number of amides is 1. The summed E-state index contributed by atoms with van der Waals surface area (Å²) in [6.07, 6.45) is 1.56. The molecule has 3 nitrogen and oxygen atoms in total. The number of nitrogens with zero attached hydrogens (tertiary/aromatic N) is 1. The fraction of sp³-hybridized carbons (Fsp3) is 0.462. The van der Waals surface area contributed by atoms with Gasteiger partial charge in [-0.2, -0.15) is 0 Å². The van der Waals surface area contributed by atoms with E-state index in [-0.39, 0.29) is 5.91 Å². The average molecular weight is 218 g/mol. The van der Waals surface area contributed by atoms with Gasteiger partial charge in [0.15, 0.2) is 0 Å². The second-order valence-electron chi connectivity index (χ2n) is 4.38. The van der Waals surface area contributed by atoms with E-state index in [1.807, 2.05) is 23.1 Å². The Morgan fingerprint density at radius 3 is 2.69 bits per heavy atom. The van der Waals surface area contributed by atoms with Crippen LogP contribution in [0.4, 0.5) is 0 Å². The van der Waals surface area contributed by atoms with Crippen molar-refractivity contribution in [1.29, 1.82) is 0 Å². The maximum atomic E-state index is 11.6. The van der Waals surface area contributed by atoms with E-state index in [2.05, 4.69) is 12.1 Å².